The minimum absolute atomic E-state index is 0.116. The Bertz CT molecular complexity index is 365. The molecule has 0 spiro atoms. The molecule has 0 N–H and O–H groups in total. The average Bonchev–Trinajstić information content (AvgIpc) is 2.36. The van der Waals surface area contributed by atoms with Crippen molar-refractivity contribution >= 4 is 5.91 Å². The Morgan fingerprint density at radius 2 is 1.65 bits per heavy atom. The van der Waals surface area contributed by atoms with Gasteiger partial charge >= 0.3 is 12.1 Å². The third-order valence-electron chi connectivity index (χ3n) is 3.92. The Morgan fingerprint density at radius 1 is 1.05 bits per heavy atom. The first kappa shape index (κ1) is 15.5. The van der Waals surface area contributed by atoms with E-state index in [2.05, 4.69) is 0 Å². The minimum atomic E-state index is -5.09. The van der Waals surface area contributed by atoms with Crippen LogP contribution < -0.4 is 0 Å². The van der Waals surface area contributed by atoms with Crippen LogP contribution in [0.3, 0.4) is 0 Å². The van der Waals surface area contributed by atoms with Gasteiger partial charge in [-0.05, 0) is 32.4 Å². The normalized spacial score (nSPS) is 28.4. The molecule has 116 valence electrons. The van der Waals surface area contributed by atoms with Crippen LogP contribution in [-0.4, -0.2) is 60.0 Å². The van der Waals surface area contributed by atoms with Crippen LogP contribution in [-0.2, 0) is 4.79 Å². The van der Waals surface area contributed by atoms with Crippen molar-refractivity contribution in [1.29, 1.82) is 0 Å². The molecule has 1 unspecified atom stereocenters. The van der Waals surface area contributed by atoms with Gasteiger partial charge in [0.2, 0.25) is 0 Å². The van der Waals surface area contributed by atoms with Gasteiger partial charge in [0, 0.05) is 6.54 Å². The highest BCUT2D eigenvalue weighted by atomic mass is 19.4. The fourth-order valence-electron chi connectivity index (χ4n) is 2.96. The van der Waals surface area contributed by atoms with Gasteiger partial charge < -0.3 is 4.90 Å². The zero-order chi connectivity index (χ0) is 15.0. The van der Waals surface area contributed by atoms with E-state index in [9.17, 15) is 26.7 Å². The maximum Gasteiger partial charge on any atom is 0.471 e. The topological polar surface area (TPSA) is 23.6 Å². The molecule has 1 amide bonds. The molecule has 2 saturated heterocycles. The van der Waals surface area contributed by atoms with Crippen molar-refractivity contribution in [3.8, 4) is 0 Å². The number of amides is 1. The van der Waals surface area contributed by atoms with Crippen LogP contribution in [0.5, 0.6) is 0 Å². The number of likely N-dealkylation sites (tertiary alicyclic amines) is 2. The molecule has 0 bridgehead atoms. The van der Waals surface area contributed by atoms with E-state index in [1.165, 1.54) is 0 Å². The molecule has 0 aliphatic carbocycles. The number of hydrogen-bond donors (Lipinski definition) is 0. The molecular formula is C12H17F5N2O. The van der Waals surface area contributed by atoms with E-state index in [1.807, 2.05) is 0 Å². The van der Waals surface area contributed by atoms with E-state index in [0.717, 1.165) is 19.3 Å². The second-order valence-corrected chi connectivity index (χ2v) is 5.39. The van der Waals surface area contributed by atoms with E-state index in [1.54, 1.807) is 4.90 Å². The Labute approximate surface area is 113 Å². The van der Waals surface area contributed by atoms with Crippen LogP contribution in [0.1, 0.15) is 25.7 Å². The number of nitrogens with zero attached hydrogens (tertiary/aromatic N) is 2. The Kier molecular flexibility index (Phi) is 4.22. The quantitative estimate of drug-likeness (QED) is 0.694. The van der Waals surface area contributed by atoms with Crippen molar-refractivity contribution in [1.82, 2.24) is 9.80 Å². The van der Waals surface area contributed by atoms with Crippen molar-refractivity contribution in [3.63, 3.8) is 0 Å². The number of rotatable bonds is 1. The van der Waals surface area contributed by atoms with E-state index in [0.29, 0.717) is 13.1 Å². The van der Waals surface area contributed by atoms with E-state index in [4.69, 9.17) is 0 Å². The van der Waals surface area contributed by atoms with Crippen LogP contribution in [0, 0.1) is 0 Å². The number of alkyl halides is 5. The molecule has 0 radical (unpaired) electrons. The molecule has 0 aromatic carbocycles. The van der Waals surface area contributed by atoms with Gasteiger partial charge in [-0.15, -0.1) is 0 Å². The van der Waals surface area contributed by atoms with Crippen LogP contribution in [0.2, 0.25) is 0 Å². The van der Waals surface area contributed by atoms with E-state index >= 15 is 0 Å². The summed E-state index contributed by atoms with van der Waals surface area (Å²) in [6.45, 7) is -0.317. The summed E-state index contributed by atoms with van der Waals surface area (Å²) in [6.07, 6.45) is -2.55. The molecule has 2 aliphatic rings. The molecule has 8 heteroatoms. The van der Waals surface area contributed by atoms with Gasteiger partial charge in [0.1, 0.15) is 0 Å². The van der Waals surface area contributed by atoms with Crippen molar-refractivity contribution in [2.24, 2.45) is 0 Å². The predicted molar refractivity (Wildman–Crippen MR) is 61.4 cm³/mol. The van der Waals surface area contributed by atoms with Crippen LogP contribution in [0.15, 0.2) is 0 Å². The first-order valence-corrected chi connectivity index (χ1v) is 6.70. The first-order chi connectivity index (χ1) is 9.22. The number of carbonyl (C=O) groups is 1. The fraction of sp³-hybridized carbons (Fsp3) is 0.917. The number of piperidine rings is 2. The van der Waals surface area contributed by atoms with Crippen molar-refractivity contribution < 1.29 is 26.7 Å². The summed E-state index contributed by atoms with van der Waals surface area (Å²) in [4.78, 5) is 12.9. The molecule has 0 aromatic heterocycles. The average molecular weight is 300 g/mol. The number of halogens is 5. The molecule has 3 nitrogen and oxygen atoms in total. The van der Waals surface area contributed by atoms with Crippen LogP contribution in [0.4, 0.5) is 22.0 Å². The Hall–Kier alpha value is -0.920. The summed E-state index contributed by atoms with van der Waals surface area (Å²) in [5.41, 5.74) is 0. The second kappa shape index (κ2) is 5.46. The van der Waals surface area contributed by atoms with Gasteiger partial charge in [-0.25, -0.2) is 8.78 Å². The highest BCUT2D eigenvalue weighted by Gasteiger charge is 2.52. The molecule has 20 heavy (non-hydrogen) atoms. The lowest BCUT2D eigenvalue weighted by Crippen LogP contribution is -2.61. The summed E-state index contributed by atoms with van der Waals surface area (Å²) in [6, 6.07) is -1.06. The zero-order valence-electron chi connectivity index (χ0n) is 10.9. The van der Waals surface area contributed by atoms with Gasteiger partial charge in [0.25, 0.3) is 5.92 Å². The zero-order valence-corrected chi connectivity index (χ0v) is 10.9. The fourth-order valence-corrected chi connectivity index (χ4v) is 2.96. The van der Waals surface area contributed by atoms with Gasteiger partial charge in [-0.2, -0.15) is 13.2 Å². The maximum atomic E-state index is 14.0. The molecule has 2 aliphatic heterocycles. The number of hydrogen-bond acceptors (Lipinski definition) is 2. The third-order valence-corrected chi connectivity index (χ3v) is 3.92. The molecule has 2 rings (SSSR count). The molecule has 2 heterocycles. The molecule has 2 fully saturated rings. The highest BCUT2D eigenvalue weighted by molar-refractivity contribution is 5.82. The summed E-state index contributed by atoms with van der Waals surface area (Å²) in [5, 5.41) is 0. The van der Waals surface area contributed by atoms with Crippen LogP contribution in [0.25, 0.3) is 0 Å². The maximum absolute atomic E-state index is 14.0. The van der Waals surface area contributed by atoms with E-state index in [-0.39, 0.29) is 17.9 Å². The Balaban J connectivity index is 2.03. The monoisotopic (exact) mass is 300 g/mol. The summed E-state index contributed by atoms with van der Waals surface area (Å²) < 4.78 is 65.0. The lowest BCUT2D eigenvalue weighted by atomic mass is 9.96. The molecule has 1 atom stereocenters. The minimum Gasteiger partial charge on any atom is -0.329 e. The summed E-state index contributed by atoms with van der Waals surface area (Å²) >= 11 is 0. The van der Waals surface area contributed by atoms with Gasteiger partial charge in [0.15, 0.2) is 0 Å². The van der Waals surface area contributed by atoms with Crippen molar-refractivity contribution in [3.05, 3.63) is 0 Å². The van der Waals surface area contributed by atoms with Gasteiger partial charge in [0.05, 0.1) is 12.6 Å². The SMILES string of the molecule is O=C(N1CCC(N2CCCCC2)C(F)(F)C1)C(F)(F)F. The van der Waals surface area contributed by atoms with Gasteiger partial charge in [-0.3, -0.25) is 9.69 Å². The second-order valence-electron chi connectivity index (χ2n) is 5.39. The lowest BCUT2D eigenvalue weighted by Gasteiger charge is -2.44. The number of carbonyl (C=O) groups excluding carboxylic acids is 1. The van der Waals surface area contributed by atoms with Crippen molar-refractivity contribution in [2.75, 3.05) is 26.2 Å². The first-order valence-electron chi connectivity index (χ1n) is 6.70. The van der Waals surface area contributed by atoms with E-state index < -0.39 is 30.6 Å². The standard InChI is InChI=1S/C12H17F5N2O/c13-11(14)8-19(10(20)12(15,16)17)7-4-9(11)18-5-2-1-3-6-18/h9H,1-8H2. The highest BCUT2D eigenvalue weighted by Crippen LogP contribution is 2.34. The van der Waals surface area contributed by atoms with Crippen molar-refractivity contribution in [2.45, 2.75) is 43.8 Å². The predicted octanol–water partition coefficient (Wildman–Crippen LogP) is 2.27. The lowest BCUT2D eigenvalue weighted by molar-refractivity contribution is -0.198. The smallest absolute Gasteiger partial charge is 0.329 e. The summed E-state index contributed by atoms with van der Waals surface area (Å²) in [7, 11) is 0. The van der Waals surface area contributed by atoms with Crippen LogP contribution >= 0.6 is 0 Å². The molecule has 0 saturated carbocycles. The largest absolute Gasteiger partial charge is 0.471 e. The molecule has 0 aromatic rings. The third kappa shape index (κ3) is 3.21. The Morgan fingerprint density at radius 3 is 2.15 bits per heavy atom. The molecular weight excluding hydrogens is 283 g/mol. The summed E-state index contributed by atoms with van der Waals surface area (Å²) in [5.74, 6) is -5.47. The van der Waals surface area contributed by atoms with Gasteiger partial charge in [-0.1, -0.05) is 6.42 Å².